The quantitative estimate of drug-likeness (QED) is 0.176. The predicted octanol–water partition coefficient (Wildman–Crippen LogP) is 15.1. The molecule has 0 bridgehead atoms. The number of thiophene rings is 1. The molecule has 54 heavy (non-hydrogen) atoms. The lowest BCUT2D eigenvalue weighted by molar-refractivity contribution is 0.660. The van der Waals surface area contributed by atoms with Crippen LogP contribution in [-0.4, -0.2) is 0 Å². The van der Waals surface area contributed by atoms with E-state index in [-0.39, 0.29) is 57.2 Å². The number of hydrogen-bond acceptors (Lipinski definition) is 3. The number of nitrogens with zero attached hydrogens (tertiary/aromatic N) is 1. The molecule has 3 heteroatoms. The van der Waals surface area contributed by atoms with Crippen molar-refractivity contribution in [2.75, 3.05) is 4.90 Å². The van der Waals surface area contributed by atoms with E-state index in [0.29, 0.717) is 27.9 Å². The van der Waals surface area contributed by atoms with E-state index < -0.39 is 53.8 Å². The van der Waals surface area contributed by atoms with E-state index in [4.69, 9.17) is 11.3 Å². The minimum absolute atomic E-state index is 0.0210. The summed E-state index contributed by atoms with van der Waals surface area (Å²) in [5, 5.41) is 3.40. The van der Waals surface area contributed by atoms with Crippen molar-refractivity contribution in [3.63, 3.8) is 0 Å². The molecule has 0 fully saturated rings. The highest BCUT2D eigenvalue weighted by Gasteiger charge is 2.38. The van der Waals surface area contributed by atoms with Gasteiger partial charge in [0.05, 0.1) is 36.5 Å². The Morgan fingerprint density at radius 1 is 0.574 bits per heavy atom. The fourth-order valence-electron chi connectivity index (χ4n) is 8.09. The summed E-state index contributed by atoms with van der Waals surface area (Å²) in [5.41, 5.74) is 3.01. The molecule has 11 rings (SSSR count). The molecule has 0 spiro atoms. The Kier molecular flexibility index (Phi) is 4.79. The van der Waals surface area contributed by atoms with Crippen molar-refractivity contribution in [3.05, 3.63) is 187 Å². The van der Waals surface area contributed by atoms with E-state index in [0.717, 1.165) is 36.7 Å². The molecule has 0 saturated heterocycles. The van der Waals surface area contributed by atoms with Gasteiger partial charge in [0.1, 0.15) is 11.2 Å². The Morgan fingerprint density at radius 3 is 2.22 bits per heavy atom. The summed E-state index contributed by atoms with van der Waals surface area (Å²) in [6.45, 7) is 3.53. The van der Waals surface area contributed by atoms with Crippen LogP contribution in [0, 0.1) is 0 Å². The van der Waals surface area contributed by atoms with Crippen LogP contribution in [0.1, 0.15) is 40.1 Å². The van der Waals surface area contributed by atoms with Gasteiger partial charge in [-0.25, -0.2) is 0 Å². The average molecular weight is 721 g/mol. The van der Waals surface area contributed by atoms with Gasteiger partial charge in [-0.05, 0) is 93.0 Å². The first-order valence-electron chi connectivity index (χ1n) is 23.2. The third-order valence-corrected chi connectivity index (χ3v) is 11.8. The van der Waals surface area contributed by atoms with Crippen LogP contribution in [0.5, 0.6) is 0 Å². The van der Waals surface area contributed by atoms with Crippen molar-refractivity contribution in [3.8, 4) is 33.4 Å². The molecule has 256 valence electrons. The number of fused-ring (bicyclic) bond motifs is 9. The SMILES string of the molecule is [2H]c1c([2H])c([2H])c(-c2c([2H])c(N(c3cccc4c3sc3ccccc34)c3cccc4oc5ccc(-c6ccccc6)cc5c34)c([2H])c3c2-c2c([2H])c([2H])c([2H])c([2H])c2C3(C)C)c([2H])c1[2H]. The summed E-state index contributed by atoms with van der Waals surface area (Å²) >= 11 is 1.55. The van der Waals surface area contributed by atoms with E-state index in [1.54, 1.807) is 25.2 Å². The van der Waals surface area contributed by atoms with Gasteiger partial charge in [-0.2, -0.15) is 0 Å². The smallest absolute Gasteiger partial charge is 0.137 e. The van der Waals surface area contributed by atoms with Crippen LogP contribution in [-0.2, 0) is 5.41 Å². The Bertz CT molecular complexity index is 3700. The lowest BCUT2D eigenvalue weighted by Crippen LogP contribution is -2.17. The number of rotatable bonds is 5. The number of anilines is 3. The van der Waals surface area contributed by atoms with Crippen LogP contribution < -0.4 is 4.90 Å². The van der Waals surface area contributed by atoms with Gasteiger partial charge >= 0.3 is 0 Å². The molecule has 2 heterocycles. The molecule has 10 aromatic rings. The van der Waals surface area contributed by atoms with Crippen molar-refractivity contribution >= 4 is 70.5 Å². The van der Waals surface area contributed by atoms with Crippen LogP contribution in [0.3, 0.4) is 0 Å². The molecule has 0 atom stereocenters. The van der Waals surface area contributed by atoms with Gasteiger partial charge in [-0.3, -0.25) is 0 Å². The molecule has 8 aromatic carbocycles. The number of hydrogen-bond donors (Lipinski definition) is 0. The van der Waals surface area contributed by atoms with E-state index in [2.05, 4.69) is 6.07 Å². The maximum absolute atomic E-state index is 10.5. The molecule has 2 nitrogen and oxygen atoms in total. The number of furan rings is 1. The first-order chi connectivity index (χ1) is 31.1. The second kappa shape index (κ2) is 11.8. The van der Waals surface area contributed by atoms with E-state index in [1.807, 2.05) is 108 Å². The zero-order valence-electron chi connectivity index (χ0n) is 40.2. The highest BCUT2D eigenvalue weighted by Crippen LogP contribution is 2.56. The van der Waals surface area contributed by atoms with Gasteiger partial charge in [0.2, 0.25) is 0 Å². The minimum Gasteiger partial charge on any atom is -0.456 e. The maximum atomic E-state index is 10.5. The fraction of sp³-hybridized carbons (Fsp3) is 0.0588. The number of benzene rings is 8. The third kappa shape index (κ3) is 4.58. The van der Waals surface area contributed by atoms with Crippen LogP contribution in [0.2, 0.25) is 0 Å². The summed E-state index contributed by atoms with van der Waals surface area (Å²) < 4.78 is 110. The monoisotopic (exact) mass is 720 g/mol. The molecule has 0 N–H and O–H groups in total. The van der Waals surface area contributed by atoms with Crippen LogP contribution in [0.25, 0.3) is 75.5 Å². The zero-order chi connectivity index (χ0) is 45.5. The van der Waals surface area contributed by atoms with Crippen molar-refractivity contribution in [1.29, 1.82) is 0 Å². The van der Waals surface area contributed by atoms with Crippen LogP contribution in [0.15, 0.2) is 180 Å². The largest absolute Gasteiger partial charge is 0.456 e. The van der Waals surface area contributed by atoms with E-state index >= 15 is 0 Å². The predicted molar refractivity (Wildman–Crippen MR) is 230 cm³/mol. The Morgan fingerprint density at radius 2 is 1.33 bits per heavy atom. The summed E-state index contributed by atoms with van der Waals surface area (Å²) in [6.07, 6.45) is 0. The first-order valence-corrected chi connectivity index (χ1v) is 18.5. The van der Waals surface area contributed by atoms with Gasteiger partial charge in [-0.15, -0.1) is 11.3 Å². The lowest BCUT2D eigenvalue weighted by atomic mass is 9.81. The van der Waals surface area contributed by atoms with Gasteiger partial charge in [0.25, 0.3) is 0 Å². The van der Waals surface area contributed by atoms with Crippen LogP contribution >= 0.6 is 11.3 Å². The molecular weight excluding hydrogens is 675 g/mol. The second-order valence-corrected chi connectivity index (χ2v) is 15.1. The summed E-state index contributed by atoms with van der Waals surface area (Å²) in [5.74, 6) is 0. The molecule has 0 saturated carbocycles. The maximum Gasteiger partial charge on any atom is 0.137 e. The Balaban J connectivity index is 1.35. The van der Waals surface area contributed by atoms with Crippen molar-refractivity contribution in [2.45, 2.75) is 19.3 Å². The first kappa shape index (κ1) is 21.9. The molecule has 0 amide bonds. The standard InChI is InChI=1S/C51H35NOS/c1-51(2)41-22-11-9-20-38(41)48-39(33-17-7-4-8-18-33)30-35(31-42(48)51)52(44-24-13-21-37-36-19-10-12-26-47(36)54-50(37)44)43-23-14-25-46-49(43)40-29-34(27-28-45(40)53-46)32-15-5-3-6-16-32/h3-31H,1-2H3/i4D,7D,8D,9D,11D,17D,18D,20D,22D,30D,31D. The highest BCUT2D eigenvalue weighted by molar-refractivity contribution is 7.26. The zero-order valence-corrected chi connectivity index (χ0v) is 30.0. The fourth-order valence-corrected chi connectivity index (χ4v) is 9.29. The average Bonchev–Trinajstić information content (AvgIpc) is 3.96. The van der Waals surface area contributed by atoms with Gasteiger partial charge in [0, 0.05) is 32.0 Å². The van der Waals surface area contributed by atoms with E-state index in [9.17, 15) is 8.22 Å². The minimum atomic E-state index is -1.31. The summed E-state index contributed by atoms with van der Waals surface area (Å²) in [6, 6.07) is 30.1. The molecule has 0 aliphatic heterocycles. The topological polar surface area (TPSA) is 16.4 Å². The van der Waals surface area contributed by atoms with Gasteiger partial charge in [-0.1, -0.05) is 141 Å². The molecule has 1 aliphatic rings. The second-order valence-electron chi connectivity index (χ2n) is 14.0. The van der Waals surface area contributed by atoms with E-state index in [1.165, 1.54) is 0 Å². The van der Waals surface area contributed by atoms with Crippen molar-refractivity contribution in [1.82, 2.24) is 0 Å². The third-order valence-electron chi connectivity index (χ3n) is 10.6. The molecule has 1 aliphatic carbocycles. The Hall–Kier alpha value is -6.42. The molecule has 2 aromatic heterocycles. The highest BCUT2D eigenvalue weighted by atomic mass is 32.1. The molecular formula is C51H35NOS. The summed E-state index contributed by atoms with van der Waals surface area (Å²) in [4.78, 5) is 1.85. The summed E-state index contributed by atoms with van der Waals surface area (Å²) in [7, 11) is 0. The lowest BCUT2D eigenvalue weighted by Gasteiger charge is -2.30. The van der Waals surface area contributed by atoms with Gasteiger partial charge < -0.3 is 9.32 Å². The van der Waals surface area contributed by atoms with Crippen molar-refractivity contribution in [2.24, 2.45) is 0 Å². The van der Waals surface area contributed by atoms with Gasteiger partial charge in [0.15, 0.2) is 0 Å². The molecule has 0 radical (unpaired) electrons. The van der Waals surface area contributed by atoms with Crippen molar-refractivity contribution < 1.29 is 19.5 Å². The Labute approximate surface area is 333 Å². The molecule has 0 unspecified atom stereocenters. The normalized spacial score (nSPS) is 16.0. The van der Waals surface area contributed by atoms with Crippen LogP contribution in [0.4, 0.5) is 17.1 Å².